The van der Waals surface area contributed by atoms with Crippen molar-refractivity contribution in [1.82, 2.24) is 14.7 Å². The monoisotopic (exact) mass is 543 g/mol. The Morgan fingerprint density at radius 3 is 2.33 bits per heavy atom. The Kier molecular flexibility index (Phi) is 7.56. The summed E-state index contributed by atoms with van der Waals surface area (Å²) >= 11 is 5.97. The Hall–Kier alpha value is -4.69. The summed E-state index contributed by atoms with van der Waals surface area (Å²) < 4.78 is 20.5. The Labute approximate surface area is 228 Å². The number of aliphatic carboxylic acids is 1. The summed E-state index contributed by atoms with van der Waals surface area (Å²) in [7, 11) is 0. The molecule has 0 bridgehead atoms. The minimum Gasteiger partial charge on any atom is -0.489 e. The first-order valence-electron chi connectivity index (χ1n) is 12.1. The number of ether oxygens (including phenoxy) is 1. The lowest BCUT2D eigenvalue weighted by Gasteiger charge is -2.14. The quantitative estimate of drug-likeness (QED) is 0.245. The minimum absolute atomic E-state index is 0.0768. The smallest absolute Gasteiger partial charge is 0.326 e. The molecule has 1 amide bonds. The van der Waals surface area contributed by atoms with Gasteiger partial charge >= 0.3 is 5.97 Å². The first-order valence-corrected chi connectivity index (χ1v) is 12.5. The van der Waals surface area contributed by atoms with Crippen LogP contribution in [-0.2, 0) is 17.8 Å². The number of nitrogens with one attached hydrogen (secondary N) is 1. The molecule has 0 unspecified atom stereocenters. The summed E-state index contributed by atoms with van der Waals surface area (Å²) in [5, 5.41) is 12.9. The van der Waals surface area contributed by atoms with Crippen molar-refractivity contribution in [1.29, 1.82) is 0 Å². The van der Waals surface area contributed by atoms with Gasteiger partial charge in [0.1, 0.15) is 35.6 Å². The second-order valence-corrected chi connectivity index (χ2v) is 9.38. The van der Waals surface area contributed by atoms with E-state index in [4.69, 9.17) is 16.3 Å². The number of pyridine rings is 1. The number of halogens is 2. The maximum Gasteiger partial charge on any atom is 0.326 e. The maximum absolute atomic E-state index is 13.0. The van der Waals surface area contributed by atoms with Crippen LogP contribution in [0.25, 0.3) is 16.8 Å². The molecule has 39 heavy (non-hydrogen) atoms. The average molecular weight is 544 g/mol. The van der Waals surface area contributed by atoms with E-state index in [0.29, 0.717) is 22.0 Å². The molecule has 5 aromatic rings. The number of carbonyl (C=O) groups excluding carboxylic acids is 1. The Morgan fingerprint density at radius 1 is 0.949 bits per heavy atom. The van der Waals surface area contributed by atoms with Gasteiger partial charge in [-0.15, -0.1) is 0 Å². The molecule has 0 radical (unpaired) electrons. The normalized spacial score (nSPS) is 11.7. The summed E-state index contributed by atoms with van der Waals surface area (Å²) in [6, 6.07) is 22.9. The SMILES string of the molecule is O=C(N[C@@H](Cc1ccc(OCc2ccc(F)cc2)cc1)C(=O)O)c1cn2ccc(-c3ccc(Cl)cc3)cc2n1. The van der Waals surface area contributed by atoms with Crippen LogP contribution >= 0.6 is 11.6 Å². The van der Waals surface area contributed by atoms with E-state index < -0.39 is 17.9 Å². The highest BCUT2D eigenvalue weighted by Crippen LogP contribution is 2.23. The lowest BCUT2D eigenvalue weighted by molar-refractivity contribution is -0.139. The van der Waals surface area contributed by atoms with Crippen LogP contribution in [0.4, 0.5) is 4.39 Å². The standard InChI is InChI=1S/C30H23ClFN3O4/c31-23-7-5-21(6-8-23)22-13-14-35-17-27(33-28(35)16-22)29(36)34-26(30(37)38)15-19-3-11-25(12-4-19)39-18-20-1-9-24(32)10-2-20/h1-14,16-17,26H,15,18H2,(H,34,36)(H,37,38)/t26-/m0/s1. The van der Waals surface area contributed by atoms with Crippen molar-refractivity contribution in [2.75, 3.05) is 0 Å². The highest BCUT2D eigenvalue weighted by atomic mass is 35.5. The van der Waals surface area contributed by atoms with Gasteiger partial charge < -0.3 is 19.6 Å². The first kappa shape index (κ1) is 25.9. The topological polar surface area (TPSA) is 92.9 Å². The molecule has 5 rings (SSSR count). The molecule has 0 spiro atoms. The first-order chi connectivity index (χ1) is 18.8. The lowest BCUT2D eigenvalue weighted by Crippen LogP contribution is -2.42. The molecule has 0 fully saturated rings. The lowest BCUT2D eigenvalue weighted by atomic mass is 10.1. The van der Waals surface area contributed by atoms with Crippen LogP contribution in [0, 0.1) is 5.82 Å². The molecule has 196 valence electrons. The van der Waals surface area contributed by atoms with Crippen LogP contribution in [-0.4, -0.2) is 32.4 Å². The molecule has 2 N–H and O–H groups in total. The van der Waals surface area contributed by atoms with Gasteiger partial charge in [-0.05, 0) is 70.8 Å². The second-order valence-electron chi connectivity index (χ2n) is 8.94. The molecule has 0 saturated carbocycles. The van der Waals surface area contributed by atoms with Gasteiger partial charge in [0, 0.05) is 23.8 Å². The fourth-order valence-corrected chi connectivity index (χ4v) is 4.18. The molecule has 2 heterocycles. The largest absolute Gasteiger partial charge is 0.489 e. The number of carboxylic acid groups (broad SMARTS) is 1. The predicted molar refractivity (Wildman–Crippen MR) is 145 cm³/mol. The molecule has 3 aromatic carbocycles. The average Bonchev–Trinajstić information content (AvgIpc) is 3.37. The summed E-state index contributed by atoms with van der Waals surface area (Å²) in [5.41, 5.74) is 4.05. The Bertz CT molecular complexity index is 1620. The van der Waals surface area contributed by atoms with Crippen molar-refractivity contribution in [2.24, 2.45) is 0 Å². The van der Waals surface area contributed by atoms with Crippen LogP contribution in [0.5, 0.6) is 5.75 Å². The summed E-state index contributed by atoms with van der Waals surface area (Å²) in [6.45, 7) is 0.271. The molecule has 9 heteroatoms. The predicted octanol–water partition coefficient (Wildman–Crippen LogP) is 5.80. The number of imidazole rings is 1. The Balaban J connectivity index is 1.23. The number of carbonyl (C=O) groups is 2. The van der Waals surface area contributed by atoms with Crippen molar-refractivity contribution < 1.29 is 23.8 Å². The maximum atomic E-state index is 13.0. The second kappa shape index (κ2) is 11.4. The van der Waals surface area contributed by atoms with Gasteiger partial charge in [0.2, 0.25) is 0 Å². The number of amides is 1. The zero-order chi connectivity index (χ0) is 27.4. The molecule has 0 aliphatic carbocycles. The van der Waals surface area contributed by atoms with E-state index in [1.54, 1.807) is 65.3 Å². The van der Waals surface area contributed by atoms with E-state index in [2.05, 4.69) is 10.3 Å². The fourth-order valence-electron chi connectivity index (χ4n) is 4.05. The zero-order valence-corrected chi connectivity index (χ0v) is 21.3. The van der Waals surface area contributed by atoms with Crippen molar-refractivity contribution in [3.8, 4) is 16.9 Å². The molecule has 0 saturated heterocycles. The van der Waals surface area contributed by atoms with Crippen LogP contribution in [0.15, 0.2) is 97.3 Å². The molecular formula is C30H23ClFN3O4. The van der Waals surface area contributed by atoms with Gasteiger partial charge in [-0.25, -0.2) is 14.2 Å². The number of benzene rings is 3. The van der Waals surface area contributed by atoms with Gasteiger partial charge in [0.05, 0.1) is 0 Å². The number of carboxylic acids is 1. The van der Waals surface area contributed by atoms with Crippen LogP contribution in [0.2, 0.25) is 5.02 Å². The van der Waals surface area contributed by atoms with Gasteiger partial charge in [-0.3, -0.25) is 4.79 Å². The van der Waals surface area contributed by atoms with Crippen LogP contribution in [0.3, 0.4) is 0 Å². The van der Waals surface area contributed by atoms with Crippen LogP contribution < -0.4 is 10.1 Å². The third-order valence-corrected chi connectivity index (χ3v) is 6.41. The Morgan fingerprint density at radius 2 is 1.64 bits per heavy atom. The van der Waals surface area contributed by atoms with E-state index in [1.165, 1.54) is 12.1 Å². The van der Waals surface area contributed by atoms with Gasteiger partial charge in [0.15, 0.2) is 0 Å². The van der Waals surface area contributed by atoms with E-state index in [0.717, 1.165) is 16.7 Å². The highest BCUT2D eigenvalue weighted by molar-refractivity contribution is 6.30. The molecule has 2 aromatic heterocycles. The fraction of sp³-hybridized carbons (Fsp3) is 0.100. The third kappa shape index (κ3) is 6.42. The molecule has 0 aliphatic heterocycles. The molecular weight excluding hydrogens is 521 g/mol. The summed E-state index contributed by atoms with van der Waals surface area (Å²) in [5.74, 6) is -1.47. The van der Waals surface area contributed by atoms with E-state index in [-0.39, 0.29) is 24.5 Å². The van der Waals surface area contributed by atoms with E-state index in [9.17, 15) is 19.1 Å². The molecule has 7 nitrogen and oxygen atoms in total. The van der Waals surface area contributed by atoms with Gasteiger partial charge in [-0.2, -0.15) is 0 Å². The summed E-state index contributed by atoms with van der Waals surface area (Å²) in [4.78, 5) is 29.2. The van der Waals surface area contributed by atoms with Crippen molar-refractivity contribution in [3.63, 3.8) is 0 Å². The summed E-state index contributed by atoms with van der Waals surface area (Å²) in [6.07, 6.45) is 3.42. The van der Waals surface area contributed by atoms with Crippen molar-refractivity contribution >= 4 is 29.1 Å². The number of hydrogen-bond acceptors (Lipinski definition) is 4. The number of fused-ring (bicyclic) bond motifs is 1. The molecule has 1 atom stereocenters. The van der Waals surface area contributed by atoms with Gasteiger partial charge in [0.25, 0.3) is 5.91 Å². The third-order valence-electron chi connectivity index (χ3n) is 6.16. The minimum atomic E-state index is -1.16. The van der Waals surface area contributed by atoms with E-state index >= 15 is 0 Å². The number of nitrogens with zero attached hydrogens (tertiary/aromatic N) is 2. The van der Waals surface area contributed by atoms with Gasteiger partial charge in [-0.1, -0.05) is 48.0 Å². The number of rotatable bonds is 9. The van der Waals surface area contributed by atoms with Crippen LogP contribution in [0.1, 0.15) is 21.6 Å². The highest BCUT2D eigenvalue weighted by Gasteiger charge is 2.23. The number of hydrogen-bond donors (Lipinski definition) is 2. The van der Waals surface area contributed by atoms with Crippen molar-refractivity contribution in [3.05, 3.63) is 125 Å². The molecule has 0 aliphatic rings. The van der Waals surface area contributed by atoms with Crippen molar-refractivity contribution in [2.45, 2.75) is 19.1 Å². The zero-order valence-electron chi connectivity index (χ0n) is 20.6. The van der Waals surface area contributed by atoms with E-state index in [1.807, 2.05) is 24.3 Å². The number of aromatic nitrogens is 2.